The molecule has 1 N–H and O–H groups in total. The van der Waals surface area contributed by atoms with Crippen LogP contribution in [0.25, 0.3) is 0 Å². The van der Waals surface area contributed by atoms with Gasteiger partial charge in [0.15, 0.2) is 0 Å². The molecule has 14 heavy (non-hydrogen) atoms. The van der Waals surface area contributed by atoms with E-state index in [9.17, 15) is 0 Å². The standard InChI is InChI=1S/C11H20N2O/c1-2-3-4-5-6-7-13-9-11(10-14)8-12-13/h8-9,14H,2-7,10H2,1H3. The normalized spacial score (nSPS) is 10.7. The van der Waals surface area contributed by atoms with E-state index >= 15 is 0 Å². The number of rotatable bonds is 7. The van der Waals surface area contributed by atoms with Crippen LogP contribution in [0.1, 0.15) is 44.6 Å². The van der Waals surface area contributed by atoms with Crippen LogP contribution in [0.4, 0.5) is 0 Å². The van der Waals surface area contributed by atoms with Crippen molar-refractivity contribution >= 4 is 0 Å². The summed E-state index contributed by atoms with van der Waals surface area (Å²) >= 11 is 0. The van der Waals surface area contributed by atoms with Crippen molar-refractivity contribution in [3.63, 3.8) is 0 Å². The summed E-state index contributed by atoms with van der Waals surface area (Å²) in [6.07, 6.45) is 10.1. The summed E-state index contributed by atoms with van der Waals surface area (Å²) in [6.45, 7) is 3.29. The van der Waals surface area contributed by atoms with Crippen molar-refractivity contribution in [1.29, 1.82) is 0 Å². The summed E-state index contributed by atoms with van der Waals surface area (Å²) in [5, 5.41) is 13.0. The average Bonchev–Trinajstić information content (AvgIpc) is 2.65. The molecule has 0 amide bonds. The molecule has 0 atom stereocenters. The molecular formula is C11H20N2O. The second-order valence-electron chi connectivity index (χ2n) is 3.68. The molecule has 0 bridgehead atoms. The molecule has 1 aromatic rings. The van der Waals surface area contributed by atoms with E-state index in [4.69, 9.17) is 5.11 Å². The minimum atomic E-state index is 0.0931. The molecule has 0 aliphatic heterocycles. The Hall–Kier alpha value is -0.830. The lowest BCUT2D eigenvalue weighted by molar-refractivity contribution is 0.281. The van der Waals surface area contributed by atoms with Gasteiger partial charge in [-0.25, -0.2) is 0 Å². The summed E-state index contributed by atoms with van der Waals surface area (Å²) in [5.41, 5.74) is 0.901. The Morgan fingerprint density at radius 2 is 2.07 bits per heavy atom. The Morgan fingerprint density at radius 1 is 1.29 bits per heavy atom. The van der Waals surface area contributed by atoms with Gasteiger partial charge in [-0.15, -0.1) is 0 Å². The molecule has 0 saturated heterocycles. The highest BCUT2D eigenvalue weighted by Crippen LogP contribution is 2.04. The van der Waals surface area contributed by atoms with Gasteiger partial charge in [0.25, 0.3) is 0 Å². The fraction of sp³-hybridized carbons (Fsp3) is 0.727. The molecule has 0 aromatic carbocycles. The molecule has 0 fully saturated rings. The Morgan fingerprint density at radius 3 is 2.71 bits per heavy atom. The molecule has 1 heterocycles. The van der Waals surface area contributed by atoms with Crippen LogP contribution in [-0.4, -0.2) is 14.9 Å². The quantitative estimate of drug-likeness (QED) is 0.680. The van der Waals surface area contributed by atoms with Crippen LogP contribution in [0.2, 0.25) is 0 Å². The van der Waals surface area contributed by atoms with Crippen LogP contribution in [0.15, 0.2) is 12.4 Å². The first kappa shape index (κ1) is 11.2. The zero-order chi connectivity index (χ0) is 10.2. The lowest BCUT2D eigenvalue weighted by Crippen LogP contribution is -1.97. The molecule has 0 spiro atoms. The molecule has 0 aliphatic carbocycles. The molecule has 0 saturated carbocycles. The van der Waals surface area contributed by atoms with Crippen molar-refractivity contribution in [2.45, 2.75) is 52.2 Å². The van der Waals surface area contributed by atoms with E-state index in [1.807, 2.05) is 10.9 Å². The predicted molar refractivity (Wildman–Crippen MR) is 56.9 cm³/mol. The van der Waals surface area contributed by atoms with Gasteiger partial charge in [0.2, 0.25) is 0 Å². The maximum absolute atomic E-state index is 8.84. The van der Waals surface area contributed by atoms with Gasteiger partial charge in [-0.2, -0.15) is 5.10 Å². The van der Waals surface area contributed by atoms with Gasteiger partial charge in [-0.05, 0) is 6.42 Å². The number of hydrogen-bond acceptors (Lipinski definition) is 2. The fourth-order valence-corrected chi connectivity index (χ4v) is 1.49. The van der Waals surface area contributed by atoms with Crippen LogP contribution in [0.3, 0.4) is 0 Å². The third kappa shape index (κ3) is 3.92. The molecule has 80 valence electrons. The van der Waals surface area contributed by atoms with Crippen LogP contribution >= 0.6 is 0 Å². The van der Waals surface area contributed by atoms with Crippen LogP contribution in [-0.2, 0) is 13.2 Å². The second kappa shape index (κ2) is 6.60. The predicted octanol–water partition coefficient (Wildman–Crippen LogP) is 2.35. The number of aliphatic hydroxyl groups excluding tert-OH is 1. The van der Waals surface area contributed by atoms with Crippen LogP contribution in [0, 0.1) is 0 Å². The first-order valence-electron chi connectivity index (χ1n) is 5.49. The van der Waals surface area contributed by atoms with Gasteiger partial charge >= 0.3 is 0 Å². The average molecular weight is 196 g/mol. The van der Waals surface area contributed by atoms with Crippen molar-refractivity contribution < 1.29 is 5.11 Å². The van der Waals surface area contributed by atoms with Gasteiger partial charge in [0.05, 0.1) is 12.8 Å². The largest absolute Gasteiger partial charge is 0.392 e. The van der Waals surface area contributed by atoms with Crippen LogP contribution in [0.5, 0.6) is 0 Å². The van der Waals surface area contributed by atoms with E-state index in [-0.39, 0.29) is 6.61 Å². The minimum Gasteiger partial charge on any atom is -0.392 e. The molecule has 1 rings (SSSR count). The van der Waals surface area contributed by atoms with Crippen molar-refractivity contribution in [3.8, 4) is 0 Å². The lowest BCUT2D eigenvalue weighted by Gasteiger charge is -2.00. The molecule has 1 aromatic heterocycles. The maximum atomic E-state index is 8.84. The molecule has 0 unspecified atom stereocenters. The Balaban J connectivity index is 2.12. The van der Waals surface area contributed by atoms with E-state index in [0.29, 0.717) is 0 Å². The summed E-state index contributed by atoms with van der Waals surface area (Å²) in [6, 6.07) is 0. The minimum absolute atomic E-state index is 0.0931. The van der Waals surface area contributed by atoms with E-state index in [1.165, 1.54) is 32.1 Å². The first-order valence-corrected chi connectivity index (χ1v) is 5.49. The van der Waals surface area contributed by atoms with Gasteiger partial charge in [0, 0.05) is 18.3 Å². The van der Waals surface area contributed by atoms with E-state index in [2.05, 4.69) is 12.0 Å². The third-order valence-electron chi connectivity index (χ3n) is 2.36. The van der Waals surface area contributed by atoms with Crippen molar-refractivity contribution in [2.75, 3.05) is 0 Å². The number of nitrogens with zero attached hydrogens (tertiary/aromatic N) is 2. The highest BCUT2D eigenvalue weighted by Gasteiger charge is 1.96. The maximum Gasteiger partial charge on any atom is 0.0712 e. The Kier molecular flexibility index (Phi) is 5.30. The molecular weight excluding hydrogens is 176 g/mol. The second-order valence-corrected chi connectivity index (χ2v) is 3.68. The SMILES string of the molecule is CCCCCCCn1cc(CO)cn1. The van der Waals surface area contributed by atoms with E-state index in [1.54, 1.807) is 6.20 Å². The molecule has 3 nitrogen and oxygen atoms in total. The van der Waals surface area contributed by atoms with Crippen molar-refractivity contribution in [1.82, 2.24) is 9.78 Å². The van der Waals surface area contributed by atoms with Crippen LogP contribution < -0.4 is 0 Å². The third-order valence-corrected chi connectivity index (χ3v) is 2.36. The monoisotopic (exact) mass is 196 g/mol. The fourth-order valence-electron chi connectivity index (χ4n) is 1.49. The summed E-state index contributed by atoms with van der Waals surface area (Å²) < 4.78 is 1.91. The van der Waals surface area contributed by atoms with Gasteiger partial charge in [-0.3, -0.25) is 4.68 Å². The number of aromatic nitrogens is 2. The van der Waals surface area contributed by atoms with E-state index in [0.717, 1.165) is 12.1 Å². The van der Waals surface area contributed by atoms with Gasteiger partial charge < -0.3 is 5.11 Å². The van der Waals surface area contributed by atoms with Crippen molar-refractivity contribution in [2.24, 2.45) is 0 Å². The zero-order valence-electron chi connectivity index (χ0n) is 8.95. The lowest BCUT2D eigenvalue weighted by atomic mass is 10.1. The summed E-state index contributed by atoms with van der Waals surface area (Å²) in [4.78, 5) is 0. The topological polar surface area (TPSA) is 38.0 Å². The highest BCUT2D eigenvalue weighted by atomic mass is 16.3. The highest BCUT2D eigenvalue weighted by molar-refractivity contribution is 5.01. The van der Waals surface area contributed by atoms with E-state index < -0.39 is 0 Å². The number of unbranched alkanes of at least 4 members (excludes halogenated alkanes) is 4. The molecule has 0 aliphatic rings. The Bertz CT molecular complexity index is 245. The molecule has 0 radical (unpaired) electrons. The van der Waals surface area contributed by atoms with Crippen molar-refractivity contribution in [3.05, 3.63) is 18.0 Å². The summed E-state index contributed by atoms with van der Waals surface area (Å²) in [7, 11) is 0. The zero-order valence-corrected chi connectivity index (χ0v) is 8.95. The Labute approximate surface area is 85.8 Å². The number of aliphatic hydroxyl groups is 1. The number of hydrogen-bond donors (Lipinski definition) is 1. The number of aryl methyl sites for hydroxylation is 1. The van der Waals surface area contributed by atoms with Gasteiger partial charge in [0.1, 0.15) is 0 Å². The smallest absolute Gasteiger partial charge is 0.0712 e. The first-order chi connectivity index (χ1) is 6.86. The summed E-state index contributed by atoms with van der Waals surface area (Å²) in [5.74, 6) is 0. The van der Waals surface area contributed by atoms with Gasteiger partial charge in [-0.1, -0.05) is 32.6 Å². The molecule has 3 heteroatoms.